The number of azo groups is 1. The Balaban J connectivity index is 2.30. The number of amidine groups is 1. The number of nitrogens with zero attached hydrogens (tertiary/aromatic N) is 3. The first-order valence-corrected chi connectivity index (χ1v) is 3.37. The lowest BCUT2D eigenvalue weighted by molar-refractivity contribution is 0.328. The molecule has 0 unspecified atom stereocenters. The predicted molar refractivity (Wildman–Crippen MR) is 40.2 cm³/mol. The molecular weight excluding hydrogens is 142 g/mol. The van der Waals surface area contributed by atoms with Gasteiger partial charge in [-0.1, -0.05) is 0 Å². The van der Waals surface area contributed by atoms with Crippen LogP contribution in [0.25, 0.3) is 0 Å². The molecule has 0 bridgehead atoms. The number of aliphatic imine (C=N–C) groups is 1. The van der Waals surface area contributed by atoms with Crippen molar-refractivity contribution in [3.63, 3.8) is 0 Å². The van der Waals surface area contributed by atoms with Gasteiger partial charge < -0.3 is 5.11 Å². The summed E-state index contributed by atoms with van der Waals surface area (Å²) in [6.07, 6.45) is 4.06. The van der Waals surface area contributed by atoms with Gasteiger partial charge in [0.25, 0.3) is 0 Å². The molecule has 0 saturated heterocycles. The second-order valence-corrected chi connectivity index (χ2v) is 2.44. The van der Waals surface area contributed by atoms with E-state index in [0.717, 1.165) is 17.6 Å². The minimum Gasteiger partial charge on any atom is -0.392 e. The van der Waals surface area contributed by atoms with Gasteiger partial charge in [0.15, 0.2) is 5.84 Å². The zero-order chi connectivity index (χ0) is 7.68. The SMILES string of the molecule is OCC1=CN=C2N=NC=C2C1. The highest BCUT2D eigenvalue weighted by atomic mass is 16.3. The molecule has 0 radical (unpaired) electrons. The summed E-state index contributed by atoms with van der Waals surface area (Å²) in [5.74, 6) is 0.683. The summed E-state index contributed by atoms with van der Waals surface area (Å²) >= 11 is 0. The molecule has 0 aromatic heterocycles. The highest BCUT2D eigenvalue weighted by molar-refractivity contribution is 6.01. The first kappa shape index (κ1) is 6.42. The molecule has 1 N–H and O–H groups in total. The number of aliphatic hydroxyl groups is 1. The van der Waals surface area contributed by atoms with Crippen molar-refractivity contribution in [3.8, 4) is 0 Å². The molecule has 2 aliphatic heterocycles. The van der Waals surface area contributed by atoms with Gasteiger partial charge in [0.2, 0.25) is 0 Å². The highest BCUT2D eigenvalue weighted by Gasteiger charge is 2.15. The van der Waals surface area contributed by atoms with Crippen molar-refractivity contribution in [1.82, 2.24) is 0 Å². The molecule has 56 valence electrons. The first-order chi connectivity index (χ1) is 5.40. The van der Waals surface area contributed by atoms with Crippen LogP contribution in [0.2, 0.25) is 0 Å². The highest BCUT2D eigenvalue weighted by Crippen LogP contribution is 2.22. The normalized spacial score (nSPS) is 20.6. The molecule has 4 nitrogen and oxygen atoms in total. The van der Waals surface area contributed by atoms with Gasteiger partial charge in [-0.3, -0.25) is 0 Å². The number of fused-ring (bicyclic) bond motifs is 1. The van der Waals surface area contributed by atoms with Gasteiger partial charge in [0.1, 0.15) is 0 Å². The van der Waals surface area contributed by atoms with Gasteiger partial charge in [-0.2, -0.15) is 5.11 Å². The summed E-state index contributed by atoms with van der Waals surface area (Å²) < 4.78 is 0. The third kappa shape index (κ3) is 1.01. The molecule has 0 aliphatic carbocycles. The largest absolute Gasteiger partial charge is 0.392 e. The lowest BCUT2D eigenvalue weighted by atomic mass is 10.1. The fraction of sp³-hybridized carbons (Fsp3) is 0.286. The Kier molecular flexibility index (Phi) is 1.40. The quantitative estimate of drug-likeness (QED) is 0.594. The summed E-state index contributed by atoms with van der Waals surface area (Å²) in [5.41, 5.74) is 1.91. The maximum absolute atomic E-state index is 8.78. The zero-order valence-corrected chi connectivity index (χ0v) is 5.86. The van der Waals surface area contributed by atoms with Gasteiger partial charge in [0, 0.05) is 18.2 Å². The van der Waals surface area contributed by atoms with E-state index < -0.39 is 0 Å². The fourth-order valence-corrected chi connectivity index (χ4v) is 1.05. The number of rotatable bonds is 1. The zero-order valence-electron chi connectivity index (χ0n) is 5.86. The average Bonchev–Trinajstić information content (AvgIpc) is 2.50. The Morgan fingerprint density at radius 1 is 1.45 bits per heavy atom. The standard InChI is InChI=1S/C7H7N3O/c11-4-5-1-6-3-9-10-7(6)8-2-5/h2-3,11H,1,4H2. The van der Waals surface area contributed by atoms with Gasteiger partial charge in [0.05, 0.1) is 12.8 Å². The molecule has 0 saturated carbocycles. The van der Waals surface area contributed by atoms with Crippen molar-refractivity contribution in [2.24, 2.45) is 15.2 Å². The van der Waals surface area contributed by atoms with Crippen LogP contribution < -0.4 is 0 Å². The van der Waals surface area contributed by atoms with Crippen molar-refractivity contribution in [1.29, 1.82) is 0 Å². The van der Waals surface area contributed by atoms with Gasteiger partial charge in [-0.25, -0.2) is 4.99 Å². The molecule has 11 heavy (non-hydrogen) atoms. The molecule has 0 atom stereocenters. The van der Waals surface area contributed by atoms with Crippen LogP contribution in [0.3, 0.4) is 0 Å². The average molecular weight is 149 g/mol. The molecular formula is C7H7N3O. The summed E-state index contributed by atoms with van der Waals surface area (Å²) in [5, 5.41) is 16.3. The van der Waals surface area contributed by atoms with Crippen molar-refractivity contribution in [2.75, 3.05) is 6.61 Å². The molecule has 4 heteroatoms. The minimum atomic E-state index is 0.0636. The van der Waals surface area contributed by atoms with Crippen LogP contribution in [0, 0.1) is 0 Å². The van der Waals surface area contributed by atoms with Crippen LogP contribution in [0.1, 0.15) is 6.42 Å². The third-order valence-electron chi connectivity index (χ3n) is 1.64. The van der Waals surface area contributed by atoms with Gasteiger partial charge >= 0.3 is 0 Å². The monoisotopic (exact) mass is 149 g/mol. The number of aliphatic hydroxyl groups excluding tert-OH is 1. The van der Waals surface area contributed by atoms with Crippen LogP contribution in [0.5, 0.6) is 0 Å². The second-order valence-electron chi connectivity index (χ2n) is 2.44. The van der Waals surface area contributed by atoms with Crippen molar-refractivity contribution in [2.45, 2.75) is 6.42 Å². The van der Waals surface area contributed by atoms with E-state index in [-0.39, 0.29) is 6.61 Å². The maximum Gasteiger partial charge on any atom is 0.179 e. The van der Waals surface area contributed by atoms with Crippen LogP contribution >= 0.6 is 0 Å². The molecule has 2 heterocycles. The smallest absolute Gasteiger partial charge is 0.179 e. The van der Waals surface area contributed by atoms with E-state index in [2.05, 4.69) is 15.2 Å². The number of hydrogen-bond acceptors (Lipinski definition) is 4. The lowest BCUT2D eigenvalue weighted by Crippen LogP contribution is -2.04. The predicted octanol–water partition coefficient (Wildman–Crippen LogP) is 1.01. The summed E-state index contributed by atoms with van der Waals surface area (Å²) in [7, 11) is 0. The van der Waals surface area contributed by atoms with Crippen molar-refractivity contribution < 1.29 is 5.11 Å². The Bertz CT molecular complexity index is 299. The minimum absolute atomic E-state index is 0.0636. The summed E-state index contributed by atoms with van der Waals surface area (Å²) in [6, 6.07) is 0. The van der Waals surface area contributed by atoms with E-state index in [1.807, 2.05) is 0 Å². The van der Waals surface area contributed by atoms with E-state index in [9.17, 15) is 0 Å². The van der Waals surface area contributed by atoms with E-state index in [4.69, 9.17) is 5.11 Å². The molecule has 2 rings (SSSR count). The van der Waals surface area contributed by atoms with Crippen LogP contribution in [-0.4, -0.2) is 17.5 Å². The van der Waals surface area contributed by atoms with Crippen LogP contribution in [0.4, 0.5) is 0 Å². The molecule has 0 aromatic carbocycles. The van der Waals surface area contributed by atoms with Gasteiger partial charge in [-0.05, 0) is 5.57 Å². The fourth-order valence-electron chi connectivity index (χ4n) is 1.05. The molecule has 0 spiro atoms. The van der Waals surface area contributed by atoms with Crippen LogP contribution in [-0.2, 0) is 0 Å². The van der Waals surface area contributed by atoms with E-state index in [1.165, 1.54) is 0 Å². The van der Waals surface area contributed by atoms with Crippen LogP contribution in [0.15, 0.2) is 38.8 Å². The Morgan fingerprint density at radius 3 is 3.18 bits per heavy atom. The number of hydrogen-bond donors (Lipinski definition) is 1. The topological polar surface area (TPSA) is 57.3 Å². The molecule has 2 aliphatic rings. The molecule has 0 aromatic rings. The summed E-state index contributed by atoms with van der Waals surface area (Å²) in [6.45, 7) is 0.0636. The van der Waals surface area contributed by atoms with E-state index >= 15 is 0 Å². The Morgan fingerprint density at radius 2 is 2.36 bits per heavy atom. The lowest BCUT2D eigenvalue weighted by Gasteiger charge is -2.07. The van der Waals surface area contributed by atoms with Gasteiger partial charge in [-0.15, -0.1) is 5.11 Å². The molecule has 0 amide bonds. The second kappa shape index (κ2) is 2.39. The Hall–Kier alpha value is -1.29. The van der Waals surface area contributed by atoms with E-state index in [1.54, 1.807) is 12.4 Å². The Labute approximate surface area is 63.7 Å². The summed E-state index contributed by atoms with van der Waals surface area (Å²) in [4.78, 5) is 4.01. The third-order valence-corrected chi connectivity index (χ3v) is 1.64. The van der Waals surface area contributed by atoms with Crippen molar-refractivity contribution in [3.05, 3.63) is 23.5 Å². The first-order valence-electron chi connectivity index (χ1n) is 3.37. The molecule has 0 fully saturated rings. The van der Waals surface area contributed by atoms with Crippen molar-refractivity contribution >= 4 is 5.84 Å². The van der Waals surface area contributed by atoms with E-state index in [0.29, 0.717) is 5.84 Å². The maximum atomic E-state index is 8.78.